The van der Waals surface area contributed by atoms with Crippen molar-refractivity contribution in [3.8, 4) is 0 Å². The smallest absolute Gasteiger partial charge is 0.414 e. The summed E-state index contributed by atoms with van der Waals surface area (Å²) < 4.78 is 5.64. The number of piperidine rings is 1. The number of hydrogen-bond acceptors (Lipinski definition) is 3. The number of ether oxygens (including phenoxy) is 1. The zero-order valence-corrected chi connectivity index (χ0v) is 15.2. The first kappa shape index (κ1) is 17.3. The van der Waals surface area contributed by atoms with Crippen LogP contribution in [-0.2, 0) is 4.74 Å². The van der Waals surface area contributed by atoms with E-state index >= 15 is 0 Å². The molecular weight excluding hydrogens is 300 g/mol. The van der Waals surface area contributed by atoms with E-state index in [1.165, 1.54) is 24.8 Å². The first-order valence-electron chi connectivity index (χ1n) is 9.28. The van der Waals surface area contributed by atoms with Gasteiger partial charge in [0, 0.05) is 18.5 Å². The number of hydrogen-bond donors (Lipinski definition) is 1. The number of para-hydroxylation sites is 1. The van der Waals surface area contributed by atoms with Crippen LogP contribution in [0.15, 0.2) is 24.3 Å². The lowest BCUT2D eigenvalue weighted by molar-refractivity contribution is 0.0580. The zero-order chi connectivity index (χ0) is 17.2. The van der Waals surface area contributed by atoms with Gasteiger partial charge in [-0.1, -0.05) is 24.6 Å². The second kappa shape index (κ2) is 7.14. The summed E-state index contributed by atoms with van der Waals surface area (Å²) in [5.74, 6) is 0.480. The number of carbonyl (C=O) groups excluding carboxylic acids is 1. The van der Waals surface area contributed by atoms with Crippen LogP contribution >= 0.6 is 0 Å². The molecule has 1 N–H and O–H groups in total. The maximum absolute atomic E-state index is 12.7. The molecule has 0 bridgehead atoms. The molecule has 2 aliphatic heterocycles. The summed E-state index contributed by atoms with van der Waals surface area (Å²) in [5, 5.41) is 3.71. The van der Waals surface area contributed by atoms with Crippen LogP contribution in [-0.4, -0.2) is 30.8 Å². The van der Waals surface area contributed by atoms with Gasteiger partial charge < -0.3 is 10.1 Å². The highest BCUT2D eigenvalue weighted by Crippen LogP contribution is 2.38. The van der Waals surface area contributed by atoms with Gasteiger partial charge in [-0.3, -0.25) is 4.90 Å². The Hall–Kier alpha value is -1.55. The molecule has 2 atom stereocenters. The Kier molecular flexibility index (Phi) is 5.14. The molecule has 0 spiro atoms. The molecule has 132 valence electrons. The summed E-state index contributed by atoms with van der Waals surface area (Å²) >= 11 is 0. The summed E-state index contributed by atoms with van der Waals surface area (Å²) in [6.45, 7) is 7.60. The lowest BCUT2D eigenvalue weighted by Gasteiger charge is -2.32. The van der Waals surface area contributed by atoms with Crippen LogP contribution in [0.2, 0.25) is 0 Å². The third-order valence-electron chi connectivity index (χ3n) is 4.97. The molecule has 0 saturated carbocycles. The minimum absolute atomic E-state index is 0.229. The van der Waals surface area contributed by atoms with E-state index < -0.39 is 5.60 Å². The fourth-order valence-electron chi connectivity index (χ4n) is 3.94. The van der Waals surface area contributed by atoms with Gasteiger partial charge in [0.15, 0.2) is 0 Å². The molecule has 0 aliphatic carbocycles. The number of rotatable bonds is 1. The van der Waals surface area contributed by atoms with E-state index in [-0.39, 0.29) is 6.09 Å². The molecule has 0 radical (unpaired) electrons. The van der Waals surface area contributed by atoms with E-state index in [0.29, 0.717) is 12.0 Å². The Morgan fingerprint density at radius 2 is 1.96 bits per heavy atom. The fraction of sp³-hybridized carbons (Fsp3) is 0.650. The van der Waals surface area contributed by atoms with Gasteiger partial charge in [-0.25, -0.2) is 4.79 Å². The Morgan fingerprint density at radius 3 is 2.67 bits per heavy atom. The predicted molar refractivity (Wildman–Crippen MR) is 97.6 cm³/mol. The van der Waals surface area contributed by atoms with Gasteiger partial charge in [0.05, 0.1) is 5.69 Å². The van der Waals surface area contributed by atoms with E-state index in [4.69, 9.17) is 4.74 Å². The first-order valence-corrected chi connectivity index (χ1v) is 9.28. The fourth-order valence-corrected chi connectivity index (χ4v) is 3.94. The zero-order valence-electron chi connectivity index (χ0n) is 15.2. The number of amides is 1. The van der Waals surface area contributed by atoms with Gasteiger partial charge in [-0.05, 0) is 64.6 Å². The molecule has 2 heterocycles. The van der Waals surface area contributed by atoms with Crippen LogP contribution < -0.4 is 10.2 Å². The molecule has 2 aliphatic rings. The molecule has 1 aromatic rings. The average molecular weight is 330 g/mol. The van der Waals surface area contributed by atoms with Gasteiger partial charge in [-0.2, -0.15) is 0 Å². The summed E-state index contributed by atoms with van der Waals surface area (Å²) in [5.41, 5.74) is 1.85. The Labute approximate surface area is 145 Å². The Balaban J connectivity index is 1.89. The van der Waals surface area contributed by atoms with Crippen molar-refractivity contribution in [2.75, 3.05) is 18.0 Å². The predicted octanol–water partition coefficient (Wildman–Crippen LogP) is 4.45. The molecule has 3 rings (SSSR count). The SMILES string of the molecule is CC(C)(C)OC(=O)N1CCCC(C2CCCCN2)c2ccccc21. The van der Waals surface area contributed by atoms with Crippen molar-refractivity contribution in [3.05, 3.63) is 29.8 Å². The Bertz CT molecular complexity index is 573. The third kappa shape index (κ3) is 3.92. The highest BCUT2D eigenvalue weighted by atomic mass is 16.6. The molecule has 24 heavy (non-hydrogen) atoms. The molecule has 1 saturated heterocycles. The van der Waals surface area contributed by atoms with Crippen molar-refractivity contribution >= 4 is 11.8 Å². The average Bonchev–Trinajstić information content (AvgIpc) is 2.74. The number of carbonyl (C=O) groups is 1. The van der Waals surface area contributed by atoms with Crippen molar-refractivity contribution in [3.63, 3.8) is 0 Å². The van der Waals surface area contributed by atoms with Crippen LogP contribution in [0.5, 0.6) is 0 Å². The van der Waals surface area contributed by atoms with E-state index in [1.54, 1.807) is 0 Å². The largest absolute Gasteiger partial charge is 0.443 e. The Morgan fingerprint density at radius 1 is 1.17 bits per heavy atom. The monoisotopic (exact) mass is 330 g/mol. The highest BCUT2D eigenvalue weighted by Gasteiger charge is 2.33. The van der Waals surface area contributed by atoms with E-state index in [2.05, 4.69) is 23.5 Å². The molecule has 1 aromatic carbocycles. The van der Waals surface area contributed by atoms with E-state index in [0.717, 1.165) is 31.6 Å². The summed E-state index contributed by atoms with van der Waals surface area (Å²) in [6, 6.07) is 8.90. The number of benzene rings is 1. The number of anilines is 1. The highest BCUT2D eigenvalue weighted by molar-refractivity contribution is 5.89. The third-order valence-corrected chi connectivity index (χ3v) is 4.97. The standard InChI is InChI=1S/C20H30N2O2/c1-20(2,3)24-19(23)22-14-8-10-15(17-11-6-7-13-21-17)16-9-4-5-12-18(16)22/h4-5,9,12,15,17,21H,6-8,10-11,13-14H2,1-3H3. The van der Waals surface area contributed by atoms with Gasteiger partial charge >= 0.3 is 6.09 Å². The van der Waals surface area contributed by atoms with Crippen LogP contribution in [0.1, 0.15) is 64.4 Å². The lowest BCUT2D eigenvalue weighted by Crippen LogP contribution is -2.39. The van der Waals surface area contributed by atoms with Crippen LogP contribution in [0.4, 0.5) is 10.5 Å². The van der Waals surface area contributed by atoms with Gasteiger partial charge in [0.2, 0.25) is 0 Å². The van der Waals surface area contributed by atoms with Gasteiger partial charge in [0.25, 0.3) is 0 Å². The van der Waals surface area contributed by atoms with Crippen LogP contribution in [0.25, 0.3) is 0 Å². The van der Waals surface area contributed by atoms with Crippen molar-refractivity contribution in [2.24, 2.45) is 0 Å². The summed E-state index contributed by atoms with van der Waals surface area (Å²) in [4.78, 5) is 14.5. The van der Waals surface area contributed by atoms with Crippen molar-refractivity contribution in [1.82, 2.24) is 5.32 Å². The summed E-state index contributed by atoms with van der Waals surface area (Å²) in [6.07, 6.45) is 5.70. The molecule has 0 aromatic heterocycles. The maximum atomic E-state index is 12.7. The number of fused-ring (bicyclic) bond motifs is 1. The van der Waals surface area contributed by atoms with Crippen molar-refractivity contribution in [1.29, 1.82) is 0 Å². The molecule has 1 fully saturated rings. The lowest BCUT2D eigenvalue weighted by atomic mass is 9.83. The molecule has 4 heteroatoms. The van der Waals surface area contributed by atoms with E-state index in [9.17, 15) is 4.79 Å². The number of nitrogens with one attached hydrogen (secondary N) is 1. The molecule has 2 unspecified atom stereocenters. The van der Waals surface area contributed by atoms with Crippen LogP contribution in [0.3, 0.4) is 0 Å². The second-order valence-corrected chi connectivity index (χ2v) is 8.00. The number of nitrogens with zero attached hydrogens (tertiary/aromatic N) is 1. The van der Waals surface area contributed by atoms with Crippen LogP contribution in [0, 0.1) is 0 Å². The van der Waals surface area contributed by atoms with E-state index in [1.807, 2.05) is 31.7 Å². The van der Waals surface area contributed by atoms with Gasteiger partial charge in [-0.15, -0.1) is 0 Å². The first-order chi connectivity index (χ1) is 11.5. The normalized spacial score (nSPS) is 24.9. The minimum atomic E-state index is -0.470. The molecule has 4 nitrogen and oxygen atoms in total. The quantitative estimate of drug-likeness (QED) is 0.827. The van der Waals surface area contributed by atoms with Crippen molar-refractivity contribution < 1.29 is 9.53 Å². The topological polar surface area (TPSA) is 41.6 Å². The van der Waals surface area contributed by atoms with Gasteiger partial charge in [0.1, 0.15) is 5.60 Å². The second-order valence-electron chi connectivity index (χ2n) is 8.00. The minimum Gasteiger partial charge on any atom is -0.443 e. The summed E-state index contributed by atoms with van der Waals surface area (Å²) in [7, 11) is 0. The maximum Gasteiger partial charge on any atom is 0.414 e. The molecular formula is C20H30N2O2. The van der Waals surface area contributed by atoms with Crippen molar-refractivity contribution in [2.45, 2.75) is 70.4 Å². The molecule has 1 amide bonds.